The number of alkyl halides is 6. The van der Waals surface area contributed by atoms with Crippen molar-refractivity contribution in [3.63, 3.8) is 0 Å². The van der Waals surface area contributed by atoms with E-state index in [2.05, 4.69) is 9.47 Å². The Balaban J connectivity index is 0.000000329. The third kappa shape index (κ3) is 8.27. The lowest BCUT2D eigenvalue weighted by Gasteiger charge is -2.34. The largest absolute Gasteiger partial charge is 0.502 e. The fourth-order valence-corrected chi connectivity index (χ4v) is 3.95. The van der Waals surface area contributed by atoms with E-state index >= 15 is 0 Å². The molecule has 0 saturated heterocycles. The van der Waals surface area contributed by atoms with Crippen molar-refractivity contribution >= 4 is 29.2 Å². The zero-order chi connectivity index (χ0) is 33.6. The number of phenolic OH excluding ortho intramolecular Hbond substituents is 1. The van der Waals surface area contributed by atoms with Gasteiger partial charge in [0, 0.05) is 32.4 Å². The highest BCUT2D eigenvalue weighted by Gasteiger charge is 2.41. The van der Waals surface area contributed by atoms with Gasteiger partial charge in [0.1, 0.15) is 5.75 Å². The average molecular weight is 640 g/mol. The molecule has 2 aromatic carbocycles. The molecule has 1 heterocycles. The molecule has 1 amide bonds. The minimum Gasteiger partial charge on any atom is -0.502 e. The molecule has 2 aromatic rings. The van der Waals surface area contributed by atoms with Crippen LogP contribution >= 0.6 is 0 Å². The predicted molar refractivity (Wildman–Crippen MR) is 137 cm³/mol. The number of nitro benzene ring substituents is 1. The summed E-state index contributed by atoms with van der Waals surface area (Å²) in [5.41, 5.74) is -5.25. The Morgan fingerprint density at radius 1 is 0.955 bits per heavy atom. The number of carbonyl (C=O) groups excluding carboxylic acids is 3. The molecule has 0 aliphatic carbocycles. The van der Waals surface area contributed by atoms with Crippen LogP contribution in [0.1, 0.15) is 51.6 Å². The lowest BCUT2D eigenvalue weighted by molar-refractivity contribution is -0.385. The van der Waals surface area contributed by atoms with Crippen LogP contribution in [-0.4, -0.2) is 68.5 Å². The molecule has 0 bridgehead atoms. The Labute approximate surface area is 245 Å². The molecule has 0 unspecified atom stereocenters. The highest BCUT2D eigenvalue weighted by atomic mass is 19.4. The van der Waals surface area contributed by atoms with Crippen LogP contribution in [0.5, 0.6) is 11.5 Å². The number of nitro groups is 1. The number of halogens is 6. The van der Waals surface area contributed by atoms with Gasteiger partial charge in [-0.15, -0.1) is 0 Å². The summed E-state index contributed by atoms with van der Waals surface area (Å²) < 4.78 is 96.5. The molecular weight excluding hydrogens is 614 g/mol. The Bertz CT molecular complexity index is 1410. The van der Waals surface area contributed by atoms with E-state index in [-0.39, 0.29) is 30.0 Å². The molecule has 0 spiro atoms. The van der Waals surface area contributed by atoms with E-state index in [9.17, 15) is 50.8 Å². The molecule has 18 heteroatoms. The molecule has 1 aliphatic rings. The lowest BCUT2D eigenvalue weighted by atomic mass is 10.0. The second-order valence-corrected chi connectivity index (χ2v) is 8.94. The van der Waals surface area contributed by atoms with E-state index in [1.165, 1.54) is 11.8 Å². The van der Waals surface area contributed by atoms with Crippen molar-refractivity contribution in [1.82, 2.24) is 0 Å². The van der Waals surface area contributed by atoms with Crippen molar-refractivity contribution < 1.29 is 69.7 Å². The van der Waals surface area contributed by atoms with Gasteiger partial charge in [-0.25, -0.2) is 9.59 Å². The van der Waals surface area contributed by atoms with Crippen LogP contribution in [0.3, 0.4) is 0 Å². The number of methoxy groups -OCH3 is 3. The summed E-state index contributed by atoms with van der Waals surface area (Å²) in [5.74, 6) is -4.18. The third-order valence-electron chi connectivity index (χ3n) is 6.02. The minimum absolute atomic E-state index is 0.0937. The second-order valence-electron chi connectivity index (χ2n) is 8.94. The summed E-state index contributed by atoms with van der Waals surface area (Å²) in [6.45, 7) is 2.24. The third-order valence-corrected chi connectivity index (χ3v) is 6.02. The number of hydrogen-bond acceptors (Lipinski definition) is 10. The zero-order valence-electron chi connectivity index (χ0n) is 23.5. The molecular formula is C26H26F6N2O10. The first-order valence-electron chi connectivity index (χ1n) is 12.4. The lowest BCUT2D eigenvalue weighted by Crippen LogP contribution is -2.45. The summed E-state index contributed by atoms with van der Waals surface area (Å²) in [5, 5.41) is 19.6. The number of amides is 1. The van der Waals surface area contributed by atoms with Crippen LogP contribution in [0.25, 0.3) is 0 Å². The monoisotopic (exact) mass is 640 g/mol. The van der Waals surface area contributed by atoms with Crippen molar-refractivity contribution in [2.24, 2.45) is 0 Å². The van der Waals surface area contributed by atoms with E-state index in [0.717, 1.165) is 26.4 Å². The number of anilines is 1. The molecule has 1 aliphatic heterocycles. The highest BCUT2D eigenvalue weighted by Crippen LogP contribution is 2.42. The first kappa shape index (κ1) is 35.6. The van der Waals surface area contributed by atoms with E-state index in [1.807, 2.05) is 0 Å². The number of carbonyl (C=O) groups is 3. The fraction of sp³-hybridized carbons (Fsp3) is 0.423. The predicted octanol–water partition coefficient (Wildman–Crippen LogP) is 5.14. The van der Waals surface area contributed by atoms with Gasteiger partial charge < -0.3 is 29.0 Å². The molecule has 242 valence electrons. The maximum atomic E-state index is 13.3. The molecule has 3 rings (SSSR count). The number of nitrogens with zero attached hydrogens (tertiary/aromatic N) is 2. The number of rotatable bonds is 8. The maximum Gasteiger partial charge on any atom is 0.417 e. The molecule has 0 saturated carbocycles. The van der Waals surface area contributed by atoms with E-state index in [4.69, 9.17) is 14.6 Å². The van der Waals surface area contributed by atoms with Gasteiger partial charge in [0.25, 0.3) is 5.91 Å². The Morgan fingerprint density at radius 3 is 1.95 bits per heavy atom. The van der Waals surface area contributed by atoms with E-state index in [1.54, 1.807) is 7.11 Å². The molecule has 12 nitrogen and oxygen atoms in total. The van der Waals surface area contributed by atoms with Crippen LogP contribution in [0.15, 0.2) is 24.3 Å². The van der Waals surface area contributed by atoms with Gasteiger partial charge in [-0.1, -0.05) is 0 Å². The topological polar surface area (TPSA) is 155 Å². The zero-order valence-corrected chi connectivity index (χ0v) is 23.5. The van der Waals surface area contributed by atoms with Crippen LogP contribution in [-0.2, 0) is 31.4 Å². The van der Waals surface area contributed by atoms with E-state index < -0.39 is 69.0 Å². The number of esters is 2. The summed E-state index contributed by atoms with van der Waals surface area (Å²) in [7, 11) is 3.38. The highest BCUT2D eigenvalue weighted by molar-refractivity contribution is 6.02. The number of benzene rings is 2. The number of ether oxygens (including phenoxy) is 4. The summed E-state index contributed by atoms with van der Waals surface area (Å²) >= 11 is 0. The molecule has 0 radical (unpaired) electrons. The van der Waals surface area contributed by atoms with Crippen LogP contribution in [0, 0.1) is 10.1 Å². The van der Waals surface area contributed by atoms with Crippen LogP contribution < -0.4 is 9.64 Å². The van der Waals surface area contributed by atoms with Crippen molar-refractivity contribution in [3.8, 4) is 11.5 Å². The van der Waals surface area contributed by atoms with Gasteiger partial charge in [-0.3, -0.25) is 14.9 Å². The molecule has 0 aromatic heterocycles. The Morgan fingerprint density at radius 2 is 1.48 bits per heavy atom. The van der Waals surface area contributed by atoms with Crippen LogP contribution in [0.2, 0.25) is 0 Å². The smallest absolute Gasteiger partial charge is 0.417 e. The molecule has 1 atom stereocenters. The summed E-state index contributed by atoms with van der Waals surface area (Å²) in [4.78, 5) is 46.1. The van der Waals surface area contributed by atoms with Crippen molar-refractivity contribution in [2.45, 2.75) is 38.2 Å². The number of phenols is 1. The second kappa shape index (κ2) is 14.2. The molecule has 1 N–H and O–H groups in total. The normalized spacial score (nSPS) is 14.5. The van der Waals surface area contributed by atoms with Gasteiger partial charge >= 0.3 is 30.0 Å². The number of aromatic hydroxyl groups is 1. The van der Waals surface area contributed by atoms with Gasteiger partial charge in [0.2, 0.25) is 0 Å². The van der Waals surface area contributed by atoms with Crippen molar-refractivity contribution in [1.29, 1.82) is 0 Å². The fourth-order valence-electron chi connectivity index (χ4n) is 3.95. The van der Waals surface area contributed by atoms with Gasteiger partial charge in [-0.05, 0) is 31.9 Å². The SMILES string of the molecule is COC(=O)c1cc([N+](=O)[O-])c(O)cc1C(F)(F)F.COCCCCN1C(=O)[C@@H](C)Oc2cc(C(F)(F)F)c(C(=O)OC)cc21. The first-order chi connectivity index (χ1) is 20.4. The molecule has 0 fully saturated rings. The van der Waals surface area contributed by atoms with Crippen LogP contribution in [0.4, 0.5) is 37.7 Å². The van der Waals surface area contributed by atoms with Crippen molar-refractivity contribution in [2.75, 3.05) is 39.4 Å². The summed E-state index contributed by atoms with van der Waals surface area (Å²) in [6, 6.07) is 2.19. The standard InChI is InChI=1S/C17H20F3NO5.C9H6F3NO5/c1-10-15(22)21(6-4-5-7-24-2)13-8-11(16(23)25-3)12(17(18,19)20)9-14(13)26-10;1-18-8(15)4-2-6(13(16)17)7(14)3-5(4)9(10,11)12/h8-10H,4-7H2,1-3H3;2-3,14H,1H3/t10-;/m1./s1. The van der Waals surface area contributed by atoms with Gasteiger partial charge in [-0.2, -0.15) is 26.3 Å². The minimum atomic E-state index is -4.95. The summed E-state index contributed by atoms with van der Waals surface area (Å²) in [6.07, 6.45) is -9.38. The number of hydrogen-bond donors (Lipinski definition) is 1. The average Bonchev–Trinajstić information content (AvgIpc) is 2.94. The maximum absolute atomic E-state index is 13.3. The van der Waals surface area contributed by atoms with E-state index in [0.29, 0.717) is 25.5 Å². The first-order valence-corrected chi connectivity index (χ1v) is 12.4. The number of fused-ring (bicyclic) bond motifs is 1. The quantitative estimate of drug-likeness (QED) is 0.135. The molecule has 44 heavy (non-hydrogen) atoms. The van der Waals surface area contributed by atoms with Crippen molar-refractivity contribution in [3.05, 3.63) is 56.6 Å². The Kier molecular flexibility index (Phi) is 11.5. The van der Waals surface area contributed by atoms with Gasteiger partial charge in [0.05, 0.1) is 47.1 Å². The van der Waals surface area contributed by atoms with Gasteiger partial charge in [0.15, 0.2) is 11.9 Å². The Hall–Kier alpha value is -4.61. The number of unbranched alkanes of at least 4 members (excludes halogenated alkanes) is 1.